The van der Waals surface area contributed by atoms with Gasteiger partial charge in [-0.1, -0.05) is 0 Å². The van der Waals surface area contributed by atoms with E-state index in [1.807, 2.05) is 0 Å². The van der Waals surface area contributed by atoms with Crippen molar-refractivity contribution in [3.8, 4) is 11.4 Å². The summed E-state index contributed by atoms with van der Waals surface area (Å²) in [5, 5.41) is 11.4. The van der Waals surface area contributed by atoms with Crippen LogP contribution in [0.25, 0.3) is 11.4 Å². The molecular weight excluding hydrogens is 281 g/mol. The van der Waals surface area contributed by atoms with Gasteiger partial charge in [-0.05, 0) is 35.9 Å². The van der Waals surface area contributed by atoms with Crippen molar-refractivity contribution in [1.29, 1.82) is 0 Å². The van der Waals surface area contributed by atoms with Gasteiger partial charge in [-0.25, -0.2) is 9.07 Å². The second kappa shape index (κ2) is 6.08. The first kappa shape index (κ1) is 14.6. The summed E-state index contributed by atoms with van der Waals surface area (Å²) in [6, 6.07) is 3.02. The van der Waals surface area contributed by atoms with Crippen LogP contribution in [0.1, 0.15) is 12.0 Å². The number of halogens is 1. The molecule has 6 nitrogen and oxygen atoms in total. The Labute approximate surface area is 118 Å². The third-order valence-corrected chi connectivity index (χ3v) is 3.84. The van der Waals surface area contributed by atoms with Crippen molar-refractivity contribution in [2.24, 2.45) is 0 Å². The fourth-order valence-corrected chi connectivity index (χ4v) is 2.34. The number of nitrogens with two attached hydrogens (primary N) is 1. The van der Waals surface area contributed by atoms with Gasteiger partial charge in [0.1, 0.15) is 5.82 Å². The van der Waals surface area contributed by atoms with Crippen LogP contribution in [0.4, 0.5) is 10.1 Å². The second-order valence-electron chi connectivity index (χ2n) is 4.53. The standard InChI is InChI=1S/C12H16FN5OS/c1-8-10(13)6-9(7-11(8)14)12-15-16-17-18(12)4-3-5-20(2)19/h6-7H,3-5,14H2,1-2H3. The fourth-order valence-electron chi connectivity index (χ4n) is 1.81. The van der Waals surface area contributed by atoms with Crippen LogP contribution >= 0.6 is 0 Å². The van der Waals surface area contributed by atoms with E-state index < -0.39 is 10.8 Å². The van der Waals surface area contributed by atoms with Gasteiger partial charge in [0.25, 0.3) is 0 Å². The van der Waals surface area contributed by atoms with E-state index >= 15 is 0 Å². The van der Waals surface area contributed by atoms with Gasteiger partial charge < -0.3 is 5.73 Å². The Morgan fingerprint density at radius 3 is 2.85 bits per heavy atom. The second-order valence-corrected chi connectivity index (χ2v) is 6.08. The third-order valence-electron chi connectivity index (χ3n) is 2.98. The van der Waals surface area contributed by atoms with Crippen molar-refractivity contribution in [3.63, 3.8) is 0 Å². The molecule has 2 aromatic rings. The molecule has 0 aliphatic carbocycles. The molecule has 1 atom stereocenters. The number of tetrazole rings is 1. The molecule has 0 spiro atoms. The van der Waals surface area contributed by atoms with Crippen LogP contribution in [-0.4, -0.2) is 36.4 Å². The molecule has 0 saturated carbocycles. The Morgan fingerprint density at radius 1 is 1.45 bits per heavy atom. The molecule has 108 valence electrons. The van der Waals surface area contributed by atoms with E-state index in [4.69, 9.17) is 5.73 Å². The van der Waals surface area contributed by atoms with Gasteiger partial charge >= 0.3 is 0 Å². The molecule has 0 radical (unpaired) electrons. The summed E-state index contributed by atoms with van der Waals surface area (Å²) >= 11 is 0. The first-order valence-corrected chi connectivity index (χ1v) is 7.84. The molecule has 1 unspecified atom stereocenters. The molecule has 0 fully saturated rings. The highest BCUT2D eigenvalue weighted by Gasteiger charge is 2.12. The lowest BCUT2D eigenvalue weighted by molar-refractivity contribution is 0.582. The summed E-state index contributed by atoms with van der Waals surface area (Å²) in [4.78, 5) is 0. The van der Waals surface area contributed by atoms with Crippen molar-refractivity contribution in [1.82, 2.24) is 20.2 Å². The number of aromatic nitrogens is 4. The Kier molecular flexibility index (Phi) is 4.43. The van der Waals surface area contributed by atoms with E-state index in [-0.39, 0.29) is 5.82 Å². The summed E-state index contributed by atoms with van der Waals surface area (Å²) in [5.41, 5.74) is 7.07. The normalized spacial score (nSPS) is 12.6. The molecule has 0 aliphatic rings. The van der Waals surface area contributed by atoms with Crippen LogP contribution in [0.2, 0.25) is 0 Å². The number of benzene rings is 1. The number of anilines is 1. The van der Waals surface area contributed by atoms with Crippen molar-refractivity contribution in [3.05, 3.63) is 23.5 Å². The van der Waals surface area contributed by atoms with Gasteiger partial charge in [-0.3, -0.25) is 4.21 Å². The van der Waals surface area contributed by atoms with Crippen molar-refractivity contribution >= 4 is 16.5 Å². The largest absolute Gasteiger partial charge is 0.398 e. The first-order chi connectivity index (χ1) is 9.49. The molecule has 0 amide bonds. The fraction of sp³-hybridized carbons (Fsp3) is 0.417. The predicted octanol–water partition coefficient (Wildman–Crippen LogP) is 1.14. The summed E-state index contributed by atoms with van der Waals surface area (Å²) < 4.78 is 26.3. The Hall–Kier alpha value is -1.83. The predicted molar refractivity (Wildman–Crippen MR) is 75.9 cm³/mol. The highest BCUT2D eigenvalue weighted by Crippen LogP contribution is 2.24. The molecule has 1 aromatic heterocycles. The molecule has 0 saturated heterocycles. The maximum atomic E-state index is 13.7. The summed E-state index contributed by atoms with van der Waals surface area (Å²) in [5.74, 6) is 0.644. The zero-order valence-electron chi connectivity index (χ0n) is 11.3. The average molecular weight is 297 g/mol. The zero-order chi connectivity index (χ0) is 14.7. The van der Waals surface area contributed by atoms with Crippen LogP contribution in [0, 0.1) is 12.7 Å². The lowest BCUT2D eigenvalue weighted by atomic mass is 10.1. The van der Waals surface area contributed by atoms with Crippen LogP contribution < -0.4 is 5.73 Å². The number of hydrogen-bond acceptors (Lipinski definition) is 5. The minimum atomic E-state index is -0.851. The number of nitrogens with zero attached hydrogens (tertiary/aromatic N) is 4. The van der Waals surface area contributed by atoms with E-state index in [2.05, 4.69) is 15.5 Å². The molecule has 2 N–H and O–H groups in total. The molecule has 0 bridgehead atoms. The molecule has 20 heavy (non-hydrogen) atoms. The minimum Gasteiger partial charge on any atom is -0.398 e. The molecule has 0 aliphatic heterocycles. The van der Waals surface area contributed by atoms with Gasteiger partial charge in [0.2, 0.25) is 0 Å². The summed E-state index contributed by atoms with van der Waals surface area (Å²) in [6.45, 7) is 2.14. The highest BCUT2D eigenvalue weighted by atomic mass is 32.2. The van der Waals surface area contributed by atoms with Gasteiger partial charge in [-0.2, -0.15) is 0 Å². The van der Waals surface area contributed by atoms with E-state index in [0.717, 1.165) is 0 Å². The van der Waals surface area contributed by atoms with Crippen molar-refractivity contribution in [2.45, 2.75) is 19.9 Å². The van der Waals surface area contributed by atoms with Crippen LogP contribution in [0.5, 0.6) is 0 Å². The van der Waals surface area contributed by atoms with E-state index in [1.54, 1.807) is 23.9 Å². The Morgan fingerprint density at radius 2 is 2.20 bits per heavy atom. The van der Waals surface area contributed by atoms with E-state index in [0.29, 0.717) is 41.4 Å². The van der Waals surface area contributed by atoms with Gasteiger partial charge in [0.05, 0.1) is 0 Å². The summed E-state index contributed by atoms with van der Waals surface area (Å²) in [7, 11) is -0.851. The van der Waals surface area contributed by atoms with Crippen LogP contribution in [-0.2, 0) is 17.3 Å². The smallest absolute Gasteiger partial charge is 0.182 e. The third kappa shape index (κ3) is 3.19. The number of nitrogen functional groups attached to an aromatic ring is 1. The maximum absolute atomic E-state index is 13.7. The maximum Gasteiger partial charge on any atom is 0.182 e. The lowest BCUT2D eigenvalue weighted by Gasteiger charge is -2.07. The number of rotatable bonds is 5. The van der Waals surface area contributed by atoms with Gasteiger partial charge in [-0.15, -0.1) is 5.10 Å². The van der Waals surface area contributed by atoms with Crippen molar-refractivity contribution < 1.29 is 8.60 Å². The van der Waals surface area contributed by atoms with Crippen LogP contribution in [0.3, 0.4) is 0 Å². The van der Waals surface area contributed by atoms with Crippen molar-refractivity contribution in [2.75, 3.05) is 17.7 Å². The number of hydrogen-bond donors (Lipinski definition) is 1. The molecule has 8 heteroatoms. The molecule has 2 rings (SSSR count). The molecule has 1 aromatic carbocycles. The van der Waals surface area contributed by atoms with Gasteiger partial charge in [0.15, 0.2) is 5.82 Å². The van der Waals surface area contributed by atoms with Crippen LogP contribution in [0.15, 0.2) is 12.1 Å². The minimum absolute atomic E-state index is 0.365. The molecule has 1 heterocycles. The van der Waals surface area contributed by atoms with E-state index in [9.17, 15) is 8.60 Å². The first-order valence-electron chi connectivity index (χ1n) is 6.11. The Balaban J connectivity index is 2.25. The van der Waals surface area contributed by atoms with Gasteiger partial charge in [0, 0.05) is 46.2 Å². The monoisotopic (exact) mass is 297 g/mol. The quantitative estimate of drug-likeness (QED) is 0.836. The SMILES string of the molecule is Cc1c(N)cc(-c2nnnn2CCCS(C)=O)cc1F. The average Bonchev–Trinajstić information content (AvgIpc) is 2.83. The lowest BCUT2D eigenvalue weighted by Crippen LogP contribution is -2.07. The highest BCUT2D eigenvalue weighted by molar-refractivity contribution is 7.84. The summed E-state index contributed by atoms with van der Waals surface area (Å²) in [6.07, 6.45) is 2.33. The zero-order valence-corrected chi connectivity index (χ0v) is 12.2. The topological polar surface area (TPSA) is 86.7 Å². The number of aryl methyl sites for hydroxylation is 1. The molecular formula is C12H16FN5OS. The van der Waals surface area contributed by atoms with E-state index in [1.165, 1.54) is 6.07 Å². The Bertz CT molecular complexity index is 620.